The van der Waals surface area contributed by atoms with Crippen molar-refractivity contribution in [2.45, 2.75) is 32.4 Å². The fourth-order valence-corrected chi connectivity index (χ4v) is 1.49. The molecular weight excluding hydrogens is 202 g/mol. The van der Waals surface area contributed by atoms with Crippen molar-refractivity contribution in [3.63, 3.8) is 0 Å². The smallest absolute Gasteiger partial charge is 0.239 e. The minimum Gasteiger partial charge on any atom is -0.338 e. The molecule has 0 saturated heterocycles. The average Bonchev–Trinajstić information content (AvgIpc) is 2.36. The first-order valence-electron chi connectivity index (χ1n) is 5.50. The van der Waals surface area contributed by atoms with Crippen LogP contribution in [0.15, 0.2) is 24.5 Å². The van der Waals surface area contributed by atoms with Crippen molar-refractivity contribution in [3.05, 3.63) is 30.1 Å². The number of pyridine rings is 1. The van der Waals surface area contributed by atoms with Crippen molar-refractivity contribution < 1.29 is 4.79 Å². The van der Waals surface area contributed by atoms with E-state index in [0.29, 0.717) is 6.42 Å². The highest BCUT2D eigenvalue weighted by molar-refractivity contribution is 5.81. The van der Waals surface area contributed by atoms with E-state index < -0.39 is 6.04 Å². The van der Waals surface area contributed by atoms with Gasteiger partial charge in [0.1, 0.15) is 0 Å². The minimum atomic E-state index is -0.408. The van der Waals surface area contributed by atoms with Crippen molar-refractivity contribution in [1.29, 1.82) is 0 Å². The number of hydrogen-bond donors (Lipinski definition) is 1. The molecule has 4 heteroatoms. The van der Waals surface area contributed by atoms with E-state index in [1.807, 2.05) is 26.0 Å². The summed E-state index contributed by atoms with van der Waals surface area (Å²) in [6.07, 6.45) is 4.11. The molecule has 0 fully saturated rings. The summed E-state index contributed by atoms with van der Waals surface area (Å²) in [7, 11) is 1.78. The van der Waals surface area contributed by atoms with Crippen LogP contribution >= 0.6 is 0 Å². The molecule has 1 amide bonds. The van der Waals surface area contributed by atoms with Gasteiger partial charge in [-0.1, -0.05) is 6.92 Å². The highest BCUT2D eigenvalue weighted by Gasteiger charge is 2.21. The van der Waals surface area contributed by atoms with Gasteiger partial charge < -0.3 is 10.6 Å². The van der Waals surface area contributed by atoms with Crippen LogP contribution in [0.25, 0.3) is 0 Å². The zero-order valence-electron chi connectivity index (χ0n) is 10.1. The van der Waals surface area contributed by atoms with Gasteiger partial charge in [0.25, 0.3) is 0 Å². The summed E-state index contributed by atoms with van der Waals surface area (Å²) < 4.78 is 0. The number of likely N-dealkylation sites (N-methyl/N-ethyl adjacent to an activating group) is 1. The van der Waals surface area contributed by atoms with E-state index >= 15 is 0 Å². The van der Waals surface area contributed by atoms with Gasteiger partial charge in [0, 0.05) is 19.4 Å². The van der Waals surface area contributed by atoms with Gasteiger partial charge in [0.15, 0.2) is 0 Å². The number of aromatic nitrogens is 1. The summed E-state index contributed by atoms with van der Waals surface area (Å²) in [6, 6.07) is 3.43. The molecule has 2 N–H and O–H groups in total. The van der Waals surface area contributed by atoms with Crippen molar-refractivity contribution in [3.8, 4) is 0 Å². The van der Waals surface area contributed by atoms with E-state index in [1.165, 1.54) is 0 Å². The Morgan fingerprint density at radius 1 is 1.50 bits per heavy atom. The van der Waals surface area contributed by atoms with Gasteiger partial charge in [-0.25, -0.2) is 0 Å². The number of carbonyl (C=O) groups is 1. The first-order chi connectivity index (χ1) is 7.57. The van der Waals surface area contributed by atoms with Gasteiger partial charge in [-0.3, -0.25) is 9.78 Å². The Morgan fingerprint density at radius 3 is 2.56 bits per heavy atom. The van der Waals surface area contributed by atoms with E-state index in [2.05, 4.69) is 4.98 Å². The molecule has 88 valence electrons. The highest BCUT2D eigenvalue weighted by atomic mass is 16.2. The molecule has 0 aliphatic rings. The summed E-state index contributed by atoms with van der Waals surface area (Å²) in [4.78, 5) is 17.5. The van der Waals surface area contributed by atoms with Crippen LogP contribution in [0.5, 0.6) is 0 Å². The third kappa shape index (κ3) is 2.79. The lowest BCUT2D eigenvalue weighted by Gasteiger charge is -2.27. The molecule has 2 atom stereocenters. The van der Waals surface area contributed by atoms with Gasteiger partial charge in [-0.05, 0) is 31.0 Å². The second kappa shape index (κ2) is 5.61. The van der Waals surface area contributed by atoms with E-state index in [0.717, 1.165) is 5.56 Å². The first-order valence-corrected chi connectivity index (χ1v) is 5.50. The van der Waals surface area contributed by atoms with Crippen LogP contribution in [0, 0.1) is 0 Å². The van der Waals surface area contributed by atoms with Crippen LogP contribution in [0.2, 0.25) is 0 Å². The lowest BCUT2D eigenvalue weighted by Crippen LogP contribution is -2.42. The molecular formula is C12H19N3O. The van der Waals surface area contributed by atoms with Crippen molar-refractivity contribution >= 4 is 5.91 Å². The van der Waals surface area contributed by atoms with Gasteiger partial charge in [0.2, 0.25) is 5.91 Å². The molecule has 1 unspecified atom stereocenters. The maximum absolute atomic E-state index is 11.9. The Morgan fingerprint density at radius 2 is 2.06 bits per heavy atom. The van der Waals surface area contributed by atoms with E-state index in [9.17, 15) is 4.79 Å². The van der Waals surface area contributed by atoms with E-state index in [4.69, 9.17) is 5.73 Å². The fourth-order valence-electron chi connectivity index (χ4n) is 1.49. The number of nitrogens with zero attached hydrogens (tertiary/aromatic N) is 2. The number of amides is 1. The van der Waals surface area contributed by atoms with Crippen LogP contribution in [0.1, 0.15) is 31.9 Å². The number of rotatable bonds is 4. The predicted molar refractivity (Wildman–Crippen MR) is 63.7 cm³/mol. The molecule has 16 heavy (non-hydrogen) atoms. The molecule has 1 aromatic heterocycles. The molecule has 1 rings (SSSR count). The topological polar surface area (TPSA) is 59.2 Å². The maximum Gasteiger partial charge on any atom is 0.239 e. The molecule has 0 bridgehead atoms. The van der Waals surface area contributed by atoms with E-state index in [1.54, 1.807) is 24.3 Å². The number of carbonyl (C=O) groups excluding carboxylic acids is 1. The summed E-state index contributed by atoms with van der Waals surface area (Å²) in [5.74, 6) is -0.0215. The molecule has 0 aromatic carbocycles. The van der Waals surface area contributed by atoms with Crippen molar-refractivity contribution in [1.82, 2.24) is 9.88 Å². The van der Waals surface area contributed by atoms with Crippen molar-refractivity contribution in [2.75, 3.05) is 7.05 Å². The Bertz CT molecular complexity index is 339. The minimum absolute atomic E-state index is 0.0214. The van der Waals surface area contributed by atoms with Crippen LogP contribution < -0.4 is 5.73 Å². The van der Waals surface area contributed by atoms with Gasteiger partial charge in [-0.2, -0.15) is 0 Å². The lowest BCUT2D eigenvalue weighted by atomic mass is 10.1. The molecule has 0 aliphatic heterocycles. The average molecular weight is 221 g/mol. The lowest BCUT2D eigenvalue weighted by molar-refractivity contribution is -0.133. The number of hydrogen-bond acceptors (Lipinski definition) is 3. The predicted octanol–water partition coefficient (Wildman–Crippen LogP) is 1.34. The standard InChI is InChI=1S/C12H19N3O/c1-4-11(13)12(16)15(3)9(2)10-5-7-14-8-6-10/h5-9,11H,4,13H2,1-3H3/t9?,11-/m1/s1. The van der Waals surface area contributed by atoms with Crippen LogP contribution in [-0.2, 0) is 4.79 Å². The Hall–Kier alpha value is -1.42. The monoisotopic (exact) mass is 221 g/mol. The Kier molecular flexibility index (Phi) is 4.43. The normalized spacial score (nSPS) is 14.2. The third-order valence-corrected chi connectivity index (χ3v) is 2.87. The van der Waals surface area contributed by atoms with Crippen molar-refractivity contribution in [2.24, 2.45) is 5.73 Å². The Labute approximate surface area is 96.5 Å². The maximum atomic E-state index is 11.9. The van der Waals surface area contributed by atoms with Gasteiger partial charge in [-0.15, -0.1) is 0 Å². The molecule has 0 saturated carbocycles. The zero-order chi connectivity index (χ0) is 12.1. The molecule has 4 nitrogen and oxygen atoms in total. The fraction of sp³-hybridized carbons (Fsp3) is 0.500. The second-order valence-corrected chi connectivity index (χ2v) is 3.92. The summed E-state index contributed by atoms with van der Waals surface area (Å²) in [5.41, 5.74) is 6.79. The molecule has 0 spiro atoms. The largest absolute Gasteiger partial charge is 0.338 e. The third-order valence-electron chi connectivity index (χ3n) is 2.87. The van der Waals surface area contributed by atoms with Crippen LogP contribution in [-0.4, -0.2) is 28.9 Å². The van der Waals surface area contributed by atoms with Gasteiger partial charge >= 0.3 is 0 Å². The summed E-state index contributed by atoms with van der Waals surface area (Å²) >= 11 is 0. The highest BCUT2D eigenvalue weighted by Crippen LogP contribution is 2.18. The molecule has 0 radical (unpaired) electrons. The first kappa shape index (κ1) is 12.6. The molecule has 1 heterocycles. The van der Waals surface area contributed by atoms with Gasteiger partial charge in [0.05, 0.1) is 12.1 Å². The summed E-state index contributed by atoms with van der Waals surface area (Å²) in [5, 5.41) is 0. The SMILES string of the molecule is CC[C@@H](N)C(=O)N(C)C(C)c1ccncc1. The number of nitrogens with two attached hydrogens (primary N) is 1. The second-order valence-electron chi connectivity index (χ2n) is 3.92. The van der Waals surface area contributed by atoms with E-state index in [-0.39, 0.29) is 11.9 Å². The van der Waals surface area contributed by atoms with Crippen LogP contribution in [0.4, 0.5) is 0 Å². The molecule has 1 aromatic rings. The van der Waals surface area contributed by atoms with Crippen LogP contribution in [0.3, 0.4) is 0 Å². The Balaban J connectivity index is 2.75. The summed E-state index contributed by atoms with van der Waals surface area (Å²) in [6.45, 7) is 3.89. The molecule has 0 aliphatic carbocycles. The quantitative estimate of drug-likeness (QED) is 0.834. The zero-order valence-corrected chi connectivity index (χ0v) is 10.1.